The van der Waals surface area contributed by atoms with Crippen molar-refractivity contribution >= 4 is 32.6 Å². The van der Waals surface area contributed by atoms with Crippen LogP contribution >= 0.6 is 11.3 Å². The minimum atomic E-state index is -4.92. The maximum Gasteiger partial charge on any atom is 0.573 e. The molecule has 6 nitrogen and oxygen atoms in total. The highest BCUT2D eigenvalue weighted by atomic mass is 32.1. The number of amides is 1. The Hall–Kier alpha value is -1.98. The molecular weight excluding hydrogens is 412 g/mol. The van der Waals surface area contributed by atoms with Crippen molar-refractivity contribution in [3.63, 3.8) is 0 Å². The topological polar surface area (TPSA) is 57.7 Å². The van der Waals surface area contributed by atoms with Crippen LogP contribution in [0.1, 0.15) is 12.8 Å². The van der Waals surface area contributed by atoms with Gasteiger partial charge in [0.05, 0.1) is 10.6 Å². The van der Waals surface area contributed by atoms with Crippen LogP contribution in [-0.2, 0) is 4.79 Å². The summed E-state index contributed by atoms with van der Waals surface area (Å²) in [5, 5.41) is 2.83. The van der Waals surface area contributed by atoms with Gasteiger partial charge >= 0.3 is 6.36 Å². The number of alkyl halides is 3. The van der Waals surface area contributed by atoms with E-state index in [9.17, 15) is 22.4 Å². The summed E-state index contributed by atoms with van der Waals surface area (Å²) in [6.45, 7) is 3.33. The quantitative estimate of drug-likeness (QED) is 0.705. The van der Waals surface area contributed by atoms with Crippen molar-refractivity contribution < 1.29 is 27.1 Å². The number of likely N-dealkylation sites (tertiary alicyclic amines) is 1. The second-order valence-corrected chi connectivity index (χ2v) is 8.28. The molecule has 2 heterocycles. The van der Waals surface area contributed by atoms with E-state index in [1.54, 1.807) is 0 Å². The number of nitrogens with zero attached hydrogens (tertiary/aromatic N) is 3. The summed E-state index contributed by atoms with van der Waals surface area (Å²) in [5.74, 6) is -2.03. The number of carbonyl (C=O) groups is 1. The number of rotatable bonds is 6. The SMILES string of the molecule is CN(C)CCN1CCCC(C(=O)Nc2nc3c(F)cc(OC(F)(F)F)cc3s2)C1. The van der Waals surface area contributed by atoms with Gasteiger partial charge in [0.2, 0.25) is 5.91 Å². The van der Waals surface area contributed by atoms with Crippen LogP contribution in [0.3, 0.4) is 0 Å². The third-order valence-electron chi connectivity index (χ3n) is 4.63. The van der Waals surface area contributed by atoms with Crippen molar-refractivity contribution in [3.05, 3.63) is 17.9 Å². The number of carbonyl (C=O) groups excluding carboxylic acids is 1. The summed E-state index contributed by atoms with van der Waals surface area (Å²) >= 11 is 0.908. The highest BCUT2D eigenvalue weighted by Gasteiger charge is 2.32. The standard InChI is InChI=1S/C18H22F4N4O2S/c1-25(2)6-7-26-5-3-4-11(10-26)16(27)24-17-23-15-13(19)8-12(9-14(15)29-17)28-18(20,21)22/h8-9,11H,3-7,10H2,1-2H3,(H,23,24,27). The smallest absolute Gasteiger partial charge is 0.406 e. The summed E-state index contributed by atoms with van der Waals surface area (Å²) in [6.07, 6.45) is -3.27. The average Bonchev–Trinajstić information content (AvgIpc) is 3.01. The number of piperidine rings is 1. The Kier molecular flexibility index (Phi) is 6.59. The molecule has 0 bridgehead atoms. The lowest BCUT2D eigenvalue weighted by Gasteiger charge is -2.32. The Labute approximate surface area is 169 Å². The van der Waals surface area contributed by atoms with Gasteiger partial charge in [-0.2, -0.15) is 0 Å². The van der Waals surface area contributed by atoms with Gasteiger partial charge in [0, 0.05) is 31.8 Å². The molecule has 160 valence electrons. The molecular formula is C18H22F4N4O2S. The number of hydrogen-bond donors (Lipinski definition) is 1. The maximum absolute atomic E-state index is 14.1. The molecule has 1 amide bonds. The summed E-state index contributed by atoms with van der Waals surface area (Å²) in [7, 11) is 3.98. The van der Waals surface area contributed by atoms with Crippen LogP contribution in [0.25, 0.3) is 10.2 Å². The van der Waals surface area contributed by atoms with Crippen LogP contribution in [0.4, 0.5) is 22.7 Å². The summed E-state index contributed by atoms with van der Waals surface area (Å²) in [6, 6.07) is 1.69. The van der Waals surface area contributed by atoms with Gasteiger partial charge in [-0.05, 0) is 33.5 Å². The molecule has 1 N–H and O–H groups in total. The third kappa shape index (κ3) is 6.00. The molecule has 1 saturated heterocycles. The van der Waals surface area contributed by atoms with Gasteiger partial charge in [-0.1, -0.05) is 11.3 Å². The lowest BCUT2D eigenvalue weighted by Crippen LogP contribution is -2.43. The second kappa shape index (κ2) is 8.80. The van der Waals surface area contributed by atoms with Gasteiger partial charge < -0.3 is 19.9 Å². The predicted molar refractivity (Wildman–Crippen MR) is 103 cm³/mol. The first-order valence-electron chi connectivity index (χ1n) is 9.14. The highest BCUT2D eigenvalue weighted by molar-refractivity contribution is 7.22. The summed E-state index contributed by atoms with van der Waals surface area (Å²) in [5.41, 5.74) is -0.101. The van der Waals surface area contributed by atoms with Crippen molar-refractivity contribution in [2.45, 2.75) is 19.2 Å². The number of aromatic nitrogens is 1. The summed E-state index contributed by atoms with van der Waals surface area (Å²) < 4.78 is 55.1. The minimum Gasteiger partial charge on any atom is -0.406 e. The van der Waals surface area contributed by atoms with E-state index in [0.717, 1.165) is 49.9 Å². The van der Waals surface area contributed by atoms with E-state index in [2.05, 4.69) is 24.8 Å². The van der Waals surface area contributed by atoms with E-state index in [1.807, 2.05) is 14.1 Å². The van der Waals surface area contributed by atoms with Gasteiger partial charge in [0.1, 0.15) is 11.3 Å². The number of nitrogens with one attached hydrogen (secondary N) is 1. The van der Waals surface area contributed by atoms with Gasteiger partial charge in [-0.25, -0.2) is 9.37 Å². The van der Waals surface area contributed by atoms with E-state index in [-0.39, 0.29) is 27.2 Å². The number of ether oxygens (including phenoxy) is 1. The molecule has 0 aliphatic carbocycles. The largest absolute Gasteiger partial charge is 0.573 e. The molecule has 1 aliphatic heterocycles. The Morgan fingerprint density at radius 3 is 2.86 bits per heavy atom. The first kappa shape index (κ1) is 21.7. The molecule has 1 fully saturated rings. The van der Waals surface area contributed by atoms with Gasteiger partial charge in [-0.15, -0.1) is 13.2 Å². The third-order valence-corrected chi connectivity index (χ3v) is 5.54. The molecule has 1 aromatic heterocycles. The Balaban J connectivity index is 1.67. The van der Waals surface area contributed by atoms with Gasteiger partial charge in [0.15, 0.2) is 10.9 Å². The number of anilines is 1. The number of thiazole rings is 1. The molecule has 1 aliphatic rings. The Morgan fingerprint density at radius 2 is 2.17 bits per heavy atom. The molecule has 1 atom stereocenters. The first-order valence-corrected chi connectivity index (χ1v) is 9.96. The fourth-order valence-electron chi connectivity index (χ4n) is 3.23. The van der Waals surface area contributed by atoms with E-state index in [4.69, 9.17) is 0 Å². The van der Waals surface area contributed by atoms with Crippen LogP contribution in [0.5, 0.6) is 5.75 Å². The molecule has 2 aromatic rings. The number of fused-ring (bicyclic) bond motifs is 1. The molecule has 11 heteroatoms. The fourth-order valence-corrected chi connectivity index (χ4v) is 4.14. The minimum absolute atomic E-state index is 0.101. The van der Waals surface area contributed by atoms with Crippen LogP contribution in [0.15, 0.2) is 12.1 Å². The van der Waals surface area contributed by atoms with Crippen molar-refractivity contribution in [1.29, 1.82) is 0 Å². The van der Waals surface area contributed by atoms with E-state index >= 15 is 0 Å². The normalized spacial score (nSPS) is 18.4. The van der Waals surface area contributed by atoms with E-state index < -0.39 is 17.9 Å². The van der Waals surface area contributed by atoms with Gasteiger partial charge in [-0.3, -0.25) is 4.79 Å². The average molecular weight is 434 g/mol. The molecule has 0 saturated carbocycles. The van der Waals surface area contributed by atoms with Crippen LogP contribution < -0.4 is 10.1 Å². The fraction of sp³-hybridized carbons (Fsp3) is 0.556. The first-order chi connectivity index (χ1) is 13.6. The molecule has 29 heavy (non-hydrogen) atoms. The lowest BCUT2D eigenvalue weighted by atomic mass is 9.97. The molecule has 1 unspecified atom stereocenters. The molecule has 3 rings (SSSR count). The molecule has 0 spiro atoms. The summed E-state index contributed by atoms with van der Waals surface area (Å²) in [4.78, 5) is 20.9. The molecule has 1 aromatic carbocycles. The predicted octanol–water partition coefficient (Wildman–Crippen LogP) is 3.55. The van der Waals surface area contributed by atoms with E-state index in [0.29, 0.717) is 12.6 Å². The van der Waals surface area contributed by atoms with Crippen molar-refractivity contribution in [3.8, 4) is 5.75 Å². The van der Waals surface area contributed by atoms with Crippen molar-refractivity contribution in [2.75, 3.05) is 45.6 Å². The zero-order valence-corrected chi connectivity index (χ0v) is 16.9. The Bertz CT molecular complexity index is 871. The molecule has 0 radical (unpaired) electrons. The zero-order valence-electron chi connectivity index (χ0n) is 16.1. The number of benzene rings is 1. The number of halogens is 4. The van der Waals surface area contributed by atoms with Crippen LogP contribution in [-0.4, -0.2) is 67.3 Å². The second-order valence-electron chi connectivity index (χ2n) is 7.25. The lowest BCUT2D eigenvalue weighted by molar-refractivity contribution is -0.274. The highest BCUT2D eigenvalue weighted by Crippen LogP contribution is 2.34. The number of likely N-dealkylation sites (N-methyl/N-ethyl adjacent to an activating group) is 1. The zero-order chi connectivity index (χ0) is 21.2. The van der Waals surface area contributed by atoms with Crippen LogP contribution in [0, 0.1) is 11.7 Å². The van der Waals surface area contributed by atoms with Crippen molar-refractivity contribution in [2.24, 2.45) is 5.92 Å². The number of hydrogen-bond acceptors (Lipinski definition) is 6. The van der Waals surface area contributed by atoms with Crippen molar-refractivity contribution in [1.82, 2.24) is 14.8 Å². The monoisotopic (exact) mass is 434 g/mol. The van der Waals surface area contributed by atoms with E-state index in [1.165, 1.54) is 0 Å². The Morgan fingerprint density at radius 1 is 1.41 bits per heavy atom. The maximum atomic E-state index is 14.1. The van der Waals surface area contributed by atoms with Crippen LogP contribution in [0.2, 0.25) is 0 Å². The van der Waals surface area contributed by atoms with Gasteiger partial charge in [0.25, 0.3) is 0 Å².